The van der Waals surface area contributed by atoms with Crippen molar-refractivity contribution < 1.29 is 4.79 Å². The van der Waals surface area contributed by atoms with Crippen LogP contribution in [0.5, 0.6) is 0 Å². The van der Waals surface area contributed by atoms with Crippen LogP contribution in [0.15, 0.2) is 66.7 Å². The number of hydrogen-bond donors (Lipinski definition) is 2. The normalized spacial score (nSPS) is 27.4. The third-order valence-corrected chi connectivity index (χ3v) is 8.25. The monoisotopic (exact) mass is 462 g/mol. The number of carbonyl (C=O) groups excluding carboxylic acids is 1. The van der Waals surface area contributed by atoms with Crippen LogP contribution in [0, 0.1) is 17.8 Å². The van der Waals surface area contributed by atoms with Gasteiger partial charge in [-0.05, 0) is 90.5 Å². The molecule has 3 nitrogen and oxygen atoms in total. The Morgan fingerprint density at radius 2 is 1.75 bits per heavy atom. The summed E-state index contributed by atoms with van der Waals surface area (Å²) < 4.78 is 0. The van der Waals surface area contributed by atoms with Crippen molar-refractivity contribution in [2.75, 3.05) is 10.6 Å². The van der Waals surface area contributed by atoms with E-state index in [4.69, 9.17) is 23.2 Å². The van der Waals surface area contributed by atoms with Crippen molar-refractivity contribution in [1.82, 2.24) is 0 Å². The smallest absolute Gasteiger partial charge is 0.255 e. The standard InChI is InChI=1S/C27H24Cl2N2O/c28-19-9-10-21(29)23(14-19)31-27(32)18-8-11-22-20(13-18)24-16-6-7-17(12-16)25(24)26(30-22)15-4-2-1-3-5-15/h1-5,8-11,13-14,16-17,24-26,30H,6-7,12H2,(H,31,32). The molecule has 162 valence electrons. The van der Waals surface area contributed by atoms with Crippen molar-refractivity contribution in [2.24, 2.45) is 17.8 Å². The van der Waals surface area contributed by atoms with Crippen LogP contribution in [0.4, 0.5) is 11.4 Å². The van der Waals surface area contributed by atoms with E-state index in [0.29, 0.717) is 45.1 Å². The maximum atomic E-state index is 13.1. The molecule has 5 unspecified atom stereocenters. The van der Waals surface area contributed by atoms with Gasteiger partial charge in [0.15, 0.2) is 0 Å². The Morgan fingerprint density at radius 3 is 2.59 bits per heavy atom. The number of benzene rings is 3. The van der Waals surface area contributed by atoms with E-state index in [1.165, 1.54) is 30.4 Å². The summed E-state index contributed by atoms with van der Waals surface area (Å²) in [5.41, 5.74) is 4.99. The second-order valence-electron chi connectivity index (χ2n) is 9.35. The highest BCUT2D eigenvalue weighted by Crippen LogP contribution is 2.63. The molecule has 1 amide bonds. The number of hydrogen-bond acceptors (Lipinski definition) is 2. The molecular weight excluding hydrogens is 439 g/mol. The number of anilines is 2. The van der Waals surface area contributed by atoms with Crippen LogP contribution in [-0.4, -0.2) is 5.91 Å². The zero-order valence-electron chi connectivity index (χ0n) is 17.5. The topological polar surface area (TPSA) is 41.1 Å². The summed E-state index contributed by atoms with van der Waals surface area (Å²) in [7, 11) is 0. The van der Waals surface area contributed by atoms with Crippen molar-refractivity contribution in [1.29, 1.82) is 0 Å². The fourth-order valence-electron chi connectivity index (χ4n) is 6.41. The first kappa shape index (κ1) is 20.1. The second-order valence-corrected chi connectivity index (χ2v) is 10.2. The first-order valence-corrected chi connectivity index (χ1v) is 12.1. The van der Waals surface area contributed by atoms with E-state index in [2.05, 4.69) is 53.1 Å². The van der Waals surface area contributed by atoms with Gasteiger partial charge in [-0.15, -0.1) is 0 Å². The van der Waals surface area contributed by atoms with Gasteiger partial charge in [-0.1, -0.05) is 53.5 Å². The van der Waals surface area contributed by atoms with E-state index in [1.807, 2.05) is 6.07 Å². The zero-order valence-corrected chi connectivity index (χ0v) is 19.0. The first-order valence-electron chi connectivity index (χ1n) is 11.3. The summed E-state index contributed by atoms with van der Waals surface area (Å²) in [6.07, 6.45) is 3.91. The van der Waals surface area contributed by atoms with Gasteiger partial charge in [-0.2, -0.15) is 0 Å². The lowest BCUT2D eigenvalue weighted by Gasteiger charge is -2.43. The molecule has 3 aromatic carbocycles. The van der Waals surface area contributed by atoms with Crippen molar-refractivity contribution in [3.63, 3.8) is 0 Å². The molecule has 3 aromatic rings. The van der Waals surface area contributed by atoms with E-state index < -0.39 is 0 Å². The predicted octanol–water partition coefficient (Wildman–Crippen LogP) is 7.54. The highest BCUT2D eigenvalue weighted by atomic mass is 35.5. The number of fused-ring (bicyclic) bond motifs is 7. The Kier molecular flexibility index (Phi) is 4.93. The van der Waals surface area contributed by atoms with Gasteiger partial charge in [0.25, 0.3) is 5.91 Å². The van der Waals surface area contributed by atoms with Crippen LogP contribution < -0.4 is 10.6 Å². The van der Waals surface area contributed by atoms with Crippen LogP contribution in [0.2, 0.25) is 10.0 Å². The van der Waals surface area contributed by atoms with Gasteiger partial charge >= 0.3 is 0 Å². The van der Waals surface area contributed by atoms with Crippen molar-refractivity contribution in [3.8, 4) is 0 Å². The molecule has 1 aliphatic heterocycles. The maximum Gasteiger partial charge on any atom is 0.255 e. The predicted molar refractivity (Wildman–Crippen MR) is 131 cm³/mol. The summed E-state index contributed by atoms with van der Waals surface area (Å²) in [5.74, 6) is 2.36. The number of carbonyl (C=O) groups is 1. The van der Waals surface area contributed by atoms with Gasteiger partial charge in [0.1, 0.15) is 0 Å². The Balaban J connectivity index is 1.35. The fourth-order valence-corrected chi connectivity index (χ4v) is 6.74. The Morgan fingerprint density at radius 1 is 0.938 bits per heavy atom. The largest absolute Gasteiger partial charge is 0.378 e. The third-order valence-electron chi connectivity index (χ3n) is 7.68. The SMILES string of the molecule is O=C(Nc1cc(Cl)ccc1Cl)c1ccc2c(c1)C1C3CCC(C3)C1C(c1ccccc1)N2. The lowest BCUT2D eigenvalue weighted by atomic mass is 9.68. The van der Waals surface area contributed by atoms with E-state index in [9.17, 15) is 4.79 Å². The van der Waals surface area contributed by atoms with Gasteiger partial charge < -0.3 is 10.6 Å². The lowest BCUT2D eigenvalue weighted by Crippen LogP contribution is -2.35. The van der Waals surface area contributed by atoms with Crippen molar-refractivity contribution >= 4 is 40.5 Å². The van der Waals surface area contributed by atoms with Crippen LogP contribution in [0.1, 0.15) is 52.7 Å². The molecule has 5 heteroatoms. The van der Waals surface area contributed by atoms with E-state index in [-0.39, 0.29) is 5.91 Å². The van der Waals surface area contributed by atoms with Gasteiger partial charge in [0.05, 0.1) is 16.8 Å². The lowest BCUT2D eigenvalue weighted by molar-refractivity contribution is 0.102. The van der Waals surface area contributed by atoms with E-state index in [1.54, 1.807) is 18.2 Å². The third kappa shape index (κ3) is 3.30. The van der Waals surface area contributed by atoms with Crippen LogP contribution in [0.25, 0.3) is 0 Å². The molecule has 2 aliphatic carbocycles. The van der Waals surface area contributed by atoms with Crippen molar-refractivity contribution in [2.45, 2.75) is 31.2 Å². The molecule has 1 heterocycles. The minimum atomic E-state index is -0.165. The molecule has 2 N–H and O–H groups in total. The van der Waals surface area contributed by atoms with Crippen molar-refractivity contribution in [3.05, 3.63) is 93.5 Å². The molecule has 0 aromatic heterocycles. The summed E-state index contributed by atoms with van der Waals surface area (Å²) in [5, 5.41) is 7.77. The summed E-state index contributed by atoms with van der Waals surface area (Å²) >= 11 is 12.3. The highest BCUT2D eigenvalue weighted by Gasteiger charge is 2.53. The molecule has 0 radical (unpaired) electrons. The van der Waals surface area contributed by atoms with Gasteiger partial charge in [0, 0.05) is 16.3 Å². The Labute approximate surface area is 198 Å². The summed E-state index contributed by atoms with van der Waals surface area (Å²) in [6.45, 7) is 0. The van der Waals surface area contributed by atoms with Gasteiger partial charge in [-0.25, -0.2) is 0 Å². The second kappa shape index (κ2) is 7.83. The van der Waals surface area contributed by atoms with Crippen LogP contribution in [0.3, 0.4) is 0 Å². The molecule has 2 bridgehead atoms. The van der Waals surface area contributed by atoms with E-state index in [0.717, 1.165) is 11.6 Å². The number of amides is 1. The minimum absolute atomic E-state index is 0.165. The fraction of sp³-hybridized carbons (Fsp3) is 0.296. The number of rotatable bonds is 3. The highest BCUT2D eigenvalue weighted by molar-refractivity contribution is 6.35. The van der Waals surface area contributed by atoms with E-state index >= 15 is 0 Å². The molecule has 32 heavy (non-hydrogen) atoms. The number of halogens is 2. The zero-order chi connectivity index (χ0) is 21.8. The Hall–Kier alpha value is -2.49. The molecule has 3 aliphatic rings. The average molecular weight is 463 g/mol. The van der Waals surface area contributed by atoms with Gasteiger partial charge in [0.2, 0.25) is 0 Å². The molecule has 6 rings (SSSR count). The maximum absolute atomic E-state index is 13.1. The molecule has 2 fully saturated rings. The molecule has 0 spiro atoms. The summed E-state index contributed by atoms with van der Waals surface area (Å²) in [4.78, 5) is 13.1. The molecule has 5 atom stereocenters. The average Bonchev–Trinajstić information content (AvgIpc) is 3.44. The summed E-state index contributed by atoms with van der Waals surface area (Å²) in [6, 6.07) is 22.3. The van der Waals surface area contributed by atoms with Crippen LogP contribution in [-0.2, 0) is 0 Å². The van der Waals surface area contributed by atoms with Crippen LogP contribution >= 0.6 is 23.2 Å². The van der Waals surface area contributed by atoms with Gasteiger partial charge in [-0.3, -0.25) is 4.79 Å². The number of nitrogens with one attached hydrogen (secondary N) is 2. The molecule has 2 saturated carbocycles. The molecule has 0 saturated heterocycles. The Bertz CT molecular complexity index is 1200. The first-order chi connectivity index (χ1) is 15.6. The molecular formula is C27H24Cl2N2O. The quantitative estimate of drug-likeness (QED) is 0.421. The minimum Gasteiger partial charge on any atom is -0.378 e.